The summed E-state index contributed by atoms with van der Waals surface area (Å²) < 4.78 is 6.56. The van der Waals surface area contributed by atoms with Crippen molar-refractivity contribution in [1.82, 2.24) is 15.1 Å². The Labute approximate surface area is 214 Å². The van der Waals surface area contributed by atoms with E-state index >= 15 is 0 Å². The van der Waals surface area contributed by atoms with E-state index in [0.717, 1.165) is 6.54 Å². The van der Waals surface area contributed by atoms with Gasteiger partial charge in [0, 0.05) is 42.8 Å². The molecule has 0 aromatic heterocycles. The number of benzene rings is 2. The Kier molecular flexibility index (Phi) is 9.73. The van der Waals surface area contributed by atoms with Gasteiger partial charge in [-0.15, -0.1) is 0 Å². The fourth-order valence-electron chi connectivity index (χ4n) is 4.42. The van der Waals surface area contributed by atoms with E-state index in [2.05, 4.69) is 41.6 Å². The first-order valence-electron chi connectivity index (χ1n) is 12.7. The van der Waals surface area contributed by atoms with Crippen LogP contribution >= 0.6 is 0 Å². The van der Waals surface area contributed by atoms with Crippen LogP contribution in [-0.4, -0.2) is 71.8 Å². The maximum atomic E-state index is 13.3. The van der Waals surface area contributed by atoms with Gasteiger partial charge in [-0.2, -0.15) is 0 Å². The van der Waals surface area contributed by atoms with Gasteiger partial charge in [-0.1, -0.05) is 37.3 Å². The molecule has 0 radical (unpaired) electrons. The molecule has 1 aliphatic rings. The van der Waals surface area contributed by atoms with Crippen molar-refractivity contribution in [1.29, 1.82) is 0 Å². The lowest BCUT2D eigenvalue weighted by Gasteiger charge is -2.34. The Morgan fingerprint density at radius 2 is 1.92 bits per heavy atom. The summed E-state index contributed by atoms with van der Waals surface area (Å²) in [7, 11) is 2.07. The molecule has 3 N–H and O–H groups in total. The topological polar surface area (TPSA) is 94.1 Å². The van der Waals surface area contributed by atoms with E-state index < -0.39 is 0 Å². The SMILES string of the molecule is CC(C)NC(=O)Nc1ccc2c(c1)CC(=O)N([C@@H](C)CO)C[C@H](C)[C@H](CN(C)Cc1ccccc1)O2. The molecule has 196 valence electrons. The third kappa shape index (κ3) is 7.70. The van der Waals surface area contributed by atoms with Crippen LogP contribution < -0.4 is 15.4 Å². The molecule has 8 heteroatoms. The summed E-state index contributed by atoms with van der Waals surface area (Å²) in [6.45, 7) is 9.55. The standard InChI is InChI=1S/C28H40N4O4/c1-19(2)29-28(35)30-24-11-12-25-23(13-24)14-27(34)32(21(4)18-33)15-20(3)26(36-25)17-31(5)16-22-9-7-6-8-10-22/h6-13,19-21,26,33H,14-18H2,1-5H3,(H2,29,30,35)/t20-,21-,26-/m0/s1. The molecular weight excluding hydrogens is 456 g/mol. The molecule has 2 aromatic carbocycles. The smallest absolute Gasteiger partial charge is 0.319 e. The molecule has 0 saturated heterocycles. The number of likely N-dealkylation sites (N-methyl/N-ethyl adjacent to an activating group) is 1. The van der Waals surface area contributed by atoms with E-state index in [4.69, 9.17) is 4.74 Å². The van der Waals surface area contributed by atoms with Crippen LogP contribution in [-0.2, 0) is 17.8 Å². The minimum absolute atomic E-state index is 0.00594. The number of aliphatic hydroxyl groups excluding tert-OH is 1. The molecule has 3 atom stereocenters. The van der Waals surface area contributed by atoms with Gasteiger partial charge in [-0.05, 0) is 51.6 Å². The third-order valence-corrected chi connectivity index (χ3v) is 6.38. The van der Waals surface area contributed by atoms with E-state index in [1.165, 1.54) is 5.56 Å². The van der Waals surface area contributed by atoms with Crippen LogP contribution in [0.4, 0.5) is 10.5 Å². The third-order valence-electron chi connectivity index (χ3n) is 6.38. The average Bonchev–Trinajstić information content (AvgIpc) is 2.86. The minimum atomic E-state index is -0.303. The summed E-state index contributed by atoms with van der Waals surface area (Å²) in [5, 5.41) is 15.5. The first-order valence-corrected chi connectivity index (χ1v) is 12.7. The molecule has 36 heavy (non-hydrogen) atoms. The zero-order chi connectivity index (χ0) is 26.2. The summed E-state index contributed by atoms with van der Waals surface area (Å²) in [5.41, 5.74) is 2.52. The summed E-state index contributed by atoms with van der Waals surface area (Å²) in [6.07, 6.45) is -0.0555. The number of anilines is 1. The van der Waals surface area contributed by atoms with E-state index in [1.54, 1.807) is 17.0 Å². The number of amides is 3. The molecule has 0 unspecified atom stereocenters. The van der Waals surface area contributed by atoms with E-state index in [-0.39, 0.29) is 49.1 Å². The van der Waals surface area contributed by atoms with Crippen molar-refractivity contribution < 1.29 is 19.4 Å². The maximum Gasteiger partial charge on any atom is 0.319 e. The van der Waals surface area contributed by atoms with Gasteiger partial charge in [0.05, 0.1) is 19.1 Å². The van der Waals surface area contributed by atoms with Gasteiger partial charge in [0.1, 0.15) is 11.9 Å². The van der Waals surface area contributed by atoms with Crippen LogP contribution in [0.2, 0.25) is 0 Å². The van der Waals surface area contributed by atoms with E-state index in [9.17, 15) is 14.7 Å². The largest absolute Gasteiger partial charge is 0.488 e. The number of hydrogen-bond acceptors (Lipinski definition) is 5. The first-order chi connectivity index (χ1) is 17.2. The first kappa shape index (κ1) is 27.5. The molecule has 1 aliphatic heterocycles. The minimum Gasteiger partial charge on any atom is -0.488 e. The van der Waals surface area contributed by atoms with Crippen molar-refractivity contribution >= 4 is 17.6 Å². The van der Waals surface area contributed by atoms with Crippen molar-refractivity contribution in [2.75, 3.05) is 32.1 Å². The predicted molar refractivity (Wildman–Crippen MR) is 142 cm³/mol. The number of carbonyl (C=O) groups is 2. The molecule has 8 nitrogen and oxygen atoms in total. The fraction of sp³-hybridized carbons (Fsp3) is 0.500. The number of aliphatic hydroxyl groups is 1. The summed E-state index contributed by atoms with van der Waals surface area (Å²) in [6, 6.07) is 15.1. The molecule has 1 heterocycles. The van der Waals surface area contributed by atoms with Crippen molar-refractivity contribution in [3.05, 3.63) is 59.7 Å². The zero-order valence-corrected chi connectivity index (χ0v) is 22.0. The van der Waals surface area contributed by atoms with Crippen LogP contribution in [0.3, 0.4) is 0 Å². The van der Waals surface area contributed by atoms with Gasteiger partial charge < -0.3 is 25.4 Å². The highest BCUT2D eigenvalue weighted by molar-refractivity contribution is 5.90. The monoisotopic (exact) mass is 496 g/mol. The number of fused-ring (bicyclic) bond motifs is 1. The Morgan fingerprint density at radius 1 is 1.19 bits per heavy atom. The molecule has 0 saturated carbocycles. The van der Waals surface area contributed by atoms with Crippen molar-refractivity contribution in [3.8, 4) is 5.75 Å². The maximum absolute atomic E-state index is 13.3. The molecule has 0 spiro atoms. The van der Waals surface area contributed by atoms with Gasteiger partial charge in [-0.25, -0.2) is 4.79 Å². The van der Waals surface area contributed by atoms with Crippen LogP contribution in [0.5, 0.6) is 5.75 Å². The Bertz CT molecular complexity index is 1010. The number of urea groups is 1. The molecule has 3 rings (SSSR count). The quantitative estimate of drug-likeness (QED) is 0.520. The molecule has 0 aliphatic carbocycles. The van der Waals surface area contributed by atoms with Gasteiger partial charge in [0.2, 0.25) is 5.91 Å². The molecule has 2 aromatic rings. The van der Waals surface area contributed by atoms with Crippen molar-refractivity contribution in [2.24, 2.45) is 5.92 Å². The lowest BCUT2D eigenvalue weighted by atomic mass is 10.0. The highest BCUT2D eigenvalue weighted by atomic mass is 16.5. The fourth-order valence-corrected chi connectivity index (χ4v) is 4.42. The summed E-state index contributed by atoms with van der Waals surface area (Å²) >= 11 is 0. The van der Waals surface area contributed by atoms with Gasteiger partial charge >= 0.3 is 6.03 Å². The van der Waals surface area contributed by atoms with E-state index in [0.29, 0.717) is 30.1 Å². The van der Waals surface area contributed by atoms with Gasteiger partial charge in [0.15, 0.2) is 0 Å². The number of nitrogens with one attached hydrogen (secondary N) is 2. The van der Waals surface area contributed by atoms with Crippen LogP contribution in [0, 0.1) is 5.92 Å². The number of rotatable bonds is 8. The second-order valence-electron chi connectivity index (χ2n) is 10.1. The normalized spacial score (nSPS) is 19.1. The van der Waals surface area contributed by atoms with Crippen molar-refractivity contribution in [2.45, 2.75) is 58.8 Å². The number of nitrogens with zero attached hydrogens (tertiary/aromatic N) is 2. The molecule has 3 amide bonds. The lowest BCUT2D eigenvalue weighted by Crippen LogP contribution is -2.47. The molecule has 0 bridgehead atoms. The van der Waals surface area contributed by atoms with Crippen molar-refractivity contribution in [3.63, 3.8) is 0 Å². The summed E-state index contributed by atoms with van der Waals surface area (Å²) in [5.74, 6) is 0.596. The number of ether oxygens (including phenoxy) is 1. The predicted octanol–water partition coefficient (Wildman–Crippen LogP) is 3.50. The Morgan fingerprint density at radius 3 is 2.58 bits per heavy atom. The van der Waals surface area contributed by atoms with E-state index in [1.807, 2.05) is 45.0 Å². The number of hydrogen-bond donors (Lipinski definition) is 3. The molecule has 0 fully saturated rings. The summed E-state index contributed by atoms with van der Waals surface area (Å²) in [4.78, 5) is 29.5. The average molecular weight is 497 g/mol. The zero-order valence-electron chi connectivity index (χ0n) is 22.0. The Hall–Kier alpha value is -3.10. The number of carbonyl (C=O) groups excluding carboxylic acids is 2. The second-order valence-corrected chi connectivity index (χ2v) is 10.1. The van der Waals surface area contributed by atoms with Crippen LogP contribution in [0.25, 0.3) is 0 Å². The van der Waals surface area contributed by atoms with Crippen LogP contribution in [0.15, 0.2) is 48.5 Å². The lowest BCUT2D eigenvalue weighted by molar-refractivity contribution is -0.134. The van der Waals surface area contributed by atoms with Gasteiger partial charge in [-0.3, -0.25) is 9.69 Å². The molecular formula is C28H40N4O4. The second kappa shape index (κ2) is 12.7. The van der Waals surface area contributed by atoms with Crippen LogP contribution in [0.1, 0.15) is 38.8 Å². The highest BCUT2D eigenvalue weighted by Gasteiger charge is 2.31. The Balaban J connectivity index is 1.87. The highest BCUT2D eigenvalue weighted by Crippen LogP contribution is 2.29. The van der Waals surface area contributed by atoms with Gasteiger partial charge in [0.25, 0.3) is 0 Å².